The fourth-order valence-electron chi connectivity index (χ4n) is 1.98. The van der Waals surface area contributed by atoms with Gasteiger partial charge in [-0.25, -0.2) is 15.4 Å². The Bertz CT molecular complexity index is 760. The first-order valence-electron chi connectivity index (χ1n) is 7.70. The summed E-state index contributed by atoms with van der Waals surface area (Å²) in [6.07, 6.45) is 1.48. The molecule has 0 aliphatic rings. The van der Waals surface area contributed by atoms with Crippen molar-refractivity contribution in [2.75, 3.05) is 12.4 Å². The lowest BCUT2D eigenvalue weighted by molar-refractivity contribution is -0.118. The van der Waals surface area contributed by atoms with Crippen LogP contribution in [0, 0.1) is 13.8 Å². The van der Waals surface area contributed by atoms with Gasteiger partial charge in [-0.15, -0.1) is 0 Å². The van der Waals surface area contributed by atoms with Crippen molar-refractivity contribution >= 4 is 23.9 Å². The van der Waals surface area contributed by atoms with Gasteiger partial charge in [0.15, 0.2) is 16.7 Å². The van der Waals surface area contributed by atoms with Gasteiger partial charge in [0.25, 0.3) is 5.91 Å². The maximum absolute atomic E-state index is 11.8. The lowest BCUT2D eigenvalue weighted by Gasteiger charge is -2.06. The van der Waals surface area contributed by atoms with Crippen molar-refractivity contribution in [2.24, 2.45) is 5.10 Å². The number of phenolic OH excluding ortho intramolecular Hbond substituents is 1. The van der Waals surface area contributed by atoms with Crippen molar-refractivity contribution in [1.29, 1.82) is 0 Å². The predicted octanol–water partition coefficient (Wildman–Crippen LogP) is 2.44. The molecule has 0 bridgehead atoms. The molecule has 0 unspecified atom stereocenters. The minimum atomic E-state index is -0.257. The zero-order valence-electron chi connectivity index (χ0n) is 14.3. The summed E-state index contributed by atoms with van der Waals surface area (Å²) in [7, 11) is 0. The minimum absolute atomic E-state index is 0.0629. The molecule has 7 nitrogen and oxygen atoms in total. The third kappa shape index (κ3) is 6.07. The smallest absolute Gasteiger partial charge is 0.250 e. The van der Waals surface area contributed by atoms with Crippen LogP contribution in [-0.4, -0.2) is 39.6 Å². The molecule has 1 aromatic carbocycles. The standard InChI is InChI=1S/C17H20N4O3S/c1-4-24-15-8-13(5-6-14(15)22)9-18-21-16(23)10-25-17-19-11(2)7-12(3)20-17/h5-9,22H,4,10H2,1-3H3,(H,21,23)/b18-9+. The molecule has 0 atom stereocenters. The largest absolute Gasteiger partial charge is 0.504 e. The molecule has 0 saturated heterocycles. The molecule has 0 fully saturated rings. The number of amides is 1. The molecule has 2 N–H and O–H groups in total. The van der Waals surface area contributed by atoms with Crippen molar-refractivity contribution in [1.82, 2.24) is 15.4 Å². The number of carbonyl (C=O) groups is 1. The topological polar surface area (TPSA) is 96.7 Å². The number of aromatic hydroxyl groups is 1. The van der Waals surface area contributed by atoms with Crippen LogP contribution in [0.1, 0.15) is 23.9 Å². The fourth-order valence-corrected chi connectivity index (χ4v) is 2.72. The van der Waals surface area contributed by atoms with Crippen molar-refractivity contribution in [2.45, 2.75) is 25.9 Å². The second-order valence-electron chi connectivity index (χ2n) is 5.18. The van der Waals surface area contributed by atoms with E-state index in [0.717, 1.165) is 11.4 Å². The monoisotopic (exact) mass is 360 g/mol. The molecule has 2 rings (SSSR count). The van der Waals surface area contributed by atoms with Gasteiger partial charge in [0.05, 0.1) is 18.6 Å². The van der Waals surface area contributed by atoms with Crippen LogP contribution in [0.5, 0.6) is 11.5 Å². The highest BCUT2D eigenvalue weighted by Gasteiger charge is 2.06. The molecule has 8 heteroatoms. The number of hydrogen-bond acceptors (Lipinski definition) is 7. The first-order valence-corrected chi connectivity index (χ1v) is 8.69. The van der Waals surface area contributed by atoms with Crippen LogP contribution in [0.15, 0.2) is 34.5 Å². The Morgan fingerprint density at radius 2 is 2.04 bits per heavy atom. The summed E-state index contributed by atoms with van der Waals surface area (Å²) >= 11 is 1.25. The van der Waals surface area contributed by atoms with Crippen LogP contribution in [0.3, 0.4) is 0 Å². The van der Waals surface area contributed by atoms with E-state index >= 15 is 0 Å². The van der Waals surface area contributed by atoms with Gasteiger partial charge in [0.1, 0.15) is 0 Å². The van der Waals surface area contributed by atoms with Crippen LogP contribution >= 0.6 is 11.8 Å². The van der Waals surface area contributed by atoms with Crippen LogP contribution in [-0.2, 0) is 4.79 Å². The zero-order chi connectivity index (χ0) is 18.2. The van der Waals surface area contributed by atoms with Crippen LogP contribution in [0.25, 0.3) is 0 Å². The molecular weight excluding hydrogens is 340 g/mol. The van der Waals surface area contributed by atoms with E-state index in [2.05, 4.69) is 20.5 Å². The number of hydrogen-bond donors (Lipinski definition) is 2. The summed E-state index contributed by atoms with van der Waals surface area (Å²) in [6, 6.07) is 6.71. The van der Waals surface area contributed by atoms with E-state index in [1.165, 1.54) is 24.0 Å². The predicted molar refractivity (Wildman–Crippen MR) is 97.2 cm³/mol. The fraction of sp³-hybridized carbons (Fsp3) is 0.294. The quantitative estimate of drug-likeness (QED) is 0.341. The zero-order valence-corrected chi connectivity index (χ0v) is 15.1. The Balaban J connectivity index is 1.87. The van der Waals surface area contributed by atoms with Crippen LogP contribution in [0.2, 0.25) is 0 Å². The van der Waals surface area contributed by atoms with E-state index in [-0.39, 0.29) is 17.4 Å². The second kappa shape index (κ2) is 9.03. The first-order chi connectivity index (χ1) is 12.0. The van der Waals surface area contributed by atoms with Gasteiger partial charge in [-0.1, -0.05) is 11.8 Å². The molecule has 25 heavy (non-hydrogen) atoms. The number of aryl methyl sites for hydroxylation is 2. The molecule has 1 aromatic heterocycles. The summed E-state index contributed by atoms with van der Waals surface area (Å²) in [5, 5.41) is 14.1. The molecule has 0 aliphatic heterocycles. The molecule has 0 radical (unpaired) electrons. The second-order valence-corrected chi connectivity index (χ2v) is 6.12. The van der Waals surface area contributed by atoms with Gasteiger partial charge in [-0.2, -0.15) is 5.10 Å². The van der Waals surface area contributed by atoms with E-state index in [1.807, 2.05) is 26.8 Å². The number of aromatic nitrogens is 2. The average molecular weight is 360 g/mol. The third-order valence-corrected chi connectivity index (χ3v) is 3.83. The molecule has 1 heterocycles. The number of benzene rings is 1. The Morgan fingerprint density at radius 3 is 2.72 bits per heavy atom. The van der Waals surface area contributed by atoms with Gasteiger partial charge < -0.3 is 9.84 Å². The number of rotatable bonds is 7. The highest BCUT2D eigenvalue weighted by atomic mass is 32.2. The van der Waals surface area contributed by atoms with Crippen LogP contribution < -0.4 is 10.2 Å². The van der Waals surface area contributed by atoms with Crippen molar-refractivity contribution < 1.29 is 14.6 Å². The van der Waals surface area contributed by atoms with Crippen molar-refractivity contribution in [3.05, 3.63) is 41.2 Å². The Morgan fingerprint density at radius 1 is 1.32 bits per heavy atom. The number of thioether (sulfide) groups is 1. The maximum atomic E-state index is 11.8. The lowest BCUT2D eigenvalue weighted by atomic mass is 10.2. The SMILES string of the molecule is CCOc1cc(/C=N/NC(=O)CSc2nc(C)cc(C)n2)ccc1O. The number of nitrogens with zero attached hydrogens (tertiary/aromatic N) is 3. The summed E-state index contributed by atoms with van der Waals surface area (Å²) < 4.78 is 5.30. The normalized spacial score (nSPS) is 10.8. The number of ether oxygens (including phenoxy) is 1. The third-order valence-electron chi connectivity index (χ3n) is 2.98. The molecule has 0 spiro atoms. The van der Waals surface area contributed by atoms with Crippen molar-refractivity contribution in [3.63, 3.8) is 0 Å². The van der Waals surface area contributed by atoms with E-state index in [1.54, 1.807) is 12.1 Å². The van der Waals surface area contributed by atoms with E-state index in [4.69, 9.17) is 4.74 Å². The molecule has 0 aliphatic carbocycles. The van der Waals surface area contributed by atoms with Crippen LogP contribution in [0.4, 0.5) is 0 Å². The van der Waals surface area contributed by atoms with Gasteiger partial charge >= 0.3 is 0 Å². The Hall–Kier alpha value is -2.61. The minimum Gasteiger partial charge on any atom is -0.504 e. The number of hydrazone groups is 1. The highest BCUT2D eigenvalue weighted by molar-refractivity contribution is 7.99. The average Bonchev–Trinajstić information content (AvgIpc) is 2.55. The van der Waals surface area contributed by atoms with Gasteiger partial charge in [-0.3, -0.25) is 4.79 Å². The Kier molecular flexibility index (Phi) is 6.76. The molecule has 1 amide bonds. The first kappa shape index (κ1) is 18.7. The molecule has 2 aromatic rings. The van der Waals surface area contributed by atoms with E-state index < -0.39 is 0 Å². The van der Waals surface area contributed by atoms with Gasteiger partial charge in [0.2, 0.25) is 0 Å². The van der Waals surface area contributed by atoms with E-state index in [0.29, 0.717) is 23.1 Å². The molecule has 132 valence electrons. The maximum Gasteiger partial charge on any atom is 0.250 e. The molecule has 0 saturated carbocycles. The summed E-state index contributed by atoms with van der Waals surface area (Å²) in [5.41, 5.74) is 4.88. The summed E-state index contributed by atoms with van der Waals surface area (Å²) in [6.45, 7) is 6.05. The highest BCUT2D eigenvalue weighted by Crippen LogP contribution is 2.26. The summed E-state index contributed by atoms with van der Waals surface area (Å²) in [4.78, 5) is 20.4. The molecular formula is C17H20N4O3S. The van der Waals surface area contributed by atoms with E-state index in [9.17, 15) is 9.90 Å². The number of carbonyl (C=O) groups excluding carboxylic acids is 1. The van der Waals surface area contributed by atoms with Crippen molar-refractivity contribution in [3.8, 4) is 11.5 Å². The number of nitrogens with one attached hydrogen (secondary N) is 1. The Labute approximate surface area is 150 Å². The number of phenols is 1. The van der Waals surface area contributed by atoms with Gasteiger partial charge in [-0.05, 0) is 50.6 Å². The lowest BCUT2D eigenvalue weighted by Crippen LogP contribution is -2.19. The summed E-state index contributed by atoms with van der Waals surface area (Å²) in [5.74, 6) is 0.348. The van der Waals surface area contributed by atoms with Gasteiger partial charge in [0, 0.05) is 11.4 Å².